The van der Waals surface area contributed by atoms with Gasteiger partial charge in [-0.15, -0.1) is 0 Å². The molecule has 0 aliphatic rings. The Morgan fingerprint density at radius 3 is 2.92 bits per heavy atom. The van der Waals surface area contributed by atoms with E-state index >= 15 is 0 Å². The highest BCUT2D eigenvalue weighted by Gasteiger charge is 1.98. The van der Waals surface area contributed by atoms with E-state index in [1.165, 1.54) is 0 Å². The SMILES string of the molecule is Cc1nc(Cl)cc(NCCCO)n1. The second-order valence-electron chi connectivity index (χ2n) is 2.63. The van der Waals surface area contributed by atoms with Crippen LogP contribution in [0, 0.1) is 6.92 Å². The molecule has 0 saturated heterocycles. The molecule has 1 rings (SSSR count). The standard InChI is InChI=1S/C8H12ClN3O/c1-6-11-7(9)5-8(12-6)10-3-2-4-13/h5,13H,2-4H2,1H3,(H,10,11,12). The molecular weight excluding hydrogens is 190 g/mol. The highest BCUT2D eigenvalue weighted by molar-refractivity contribution is 6.29. The second kappa shape index (κ2) is 4.99. The van der Waals surface area contributed by atoms with Crippen molar-refractivity contribution in [3.8, 4) is 0 Å². The molecule has 0 fully saturated rings. The number of anilines is 1. The van der Waals surface area contributed by atoms with E-state index in [-0.39, 0.29) is 6.61 Å². The normalized spacial score (nSPS) is 10.1. The molecule has 0 radical (unpaired) electrons. The van der Waals surface area contributed by atoms with Gasteiger partial charge in [-0.05, 0) is 13.3 Å². The van der Waals surface area contributed by atoms with Crippen LogP contribution in [0.5, 0.6) is 0 Å². The number of aliphatic hydroxyl groups excluding tert-OH is 1. The minimum atomic E-state index is 0.171. The average molecular weight is 202 g/mol. The molecule has 0 amide bonds. The molecule has 13 heavy (non-hydrogen) atoms. The van der Waals surface area contributed by atoms with Crippen LogP contribution in [0.3, 0.4) is 0 Å². The van der Waals surface area contributed by atoms with Crippen LogP contribution in [0.2, 0.25) is 5.15 Å². The molecule has 0 aliphatic heterocycles. The van der Waals surface area contributed by atoms with E-state index in [0.29, 0.717) is 29.8 Å². The van der Waals surface area contributed by atoms with E-state index in [9.17, 15) is 0 Å². The molecule has 0 spiro atoms. The van der Waals surface area contributed by atoms with Crippen molar-refractivity contribution in [2.75, 3.05) is 18.5 Å². The maximum Gasteiger partial charge on any atom is 0.134 e. The molecule has 0 aliphatic carbocycles. The zero-order valence-corrected chi connectivity index (χ0v) is 8.17. The summed E-state index contributed by atoms with van der Waals surface area (Å²) < 4.78 is 0. The molecular formula is C8H12ClN3O. The van der Waals surface area contributed by atoms with Gasteiger partial charge >= 0.3 is 0 Å². The first-order valence-electron chi connectivity index (χ1n) is 4.08. The lowest BCUT2D eigenvalue weighted by molar-refractivity contribution is 0.292. The van der Waals surface area contributed by atoms with E-state index < -0.39 is 0 Å². The molecule has 0 saturated carbocycles. The van der Waals surface area contributed by atoms with Gasteiger partial charge in [-0.2, -0.15) is 0 Å². The summed E-state index contributed by atoms with van der Waals surface area (Å²) in [5.74, 6) is 1.34. The summed E-state index contributed by atoms with van der Waals surface area (Å²) in [5, 5.41) is 12.0. The van der Waals surface area contributed by atoms with Crippen molar-refractivity contribution < 1.29 is 5.11 Å². The van der Waals surface area contributed by atoms with E-state index in [0.717, 1.165) is 0 Å². The Kier molecular flexibility index (Phi) is 3.92. The van der Waals surface area contributed by atoms with Crippen LogP contribution in [-0.4, -0.2) is 28.2 Å². The number of rotatable bonds is 4. The minimum Gasteiger partial charge on any atom is -0.396 e. The van der Waals surface area contributed by atoms with Gasteiger partial charge in [0.25, 0.3) is 0 Å². The number of aliphatic hydroxyl groups is 1. The minimum absolute atomic E-state index is 0.171. The fraction of sp³-hybridized carbons (Fsp3) is 0.500. The van der Waals surface area contributed by atoms with Crippen molar-refractivity contribution in [1.29, 1.82) is 0 Å². The maximum atomic E-state index is 8.55. The van der Waals surface area contributed by atoms with Gasteiger partial charge in [0.05, 0.1) is 0 Å². The van der Waals surface area contributed by atoms with Gasteiger partial charge in [-0.1, -0.05) is 11.6 Å². The van der Waals surface area contributed by atoms with Gasteiger partial charge < -0.3 is 10.4 Å². The van der Waals surface area contributed by atoms with E-state index in [1.807, 2.05) is 0 Å². The Morgan fingerprint density at radius 1 is 1.54 bits per heavy atom. The van der Waals surface area contributed by atoms with E-state index in [1.54, 1.807) is 13.0 Å². The molecule has 4 nitrogen and oxygen atoms in total. The average Bonchev–Trinajstić information content (AvgIpc) is 2.03. The Balaban J connectivity index is 2.56. The van der Waals surface area contributed by atoms with Crippen molar-refractivity contribution in [3.05, 3.63) is 17.0 Å². The van der Waals surface area contributed by atoms with Gasteiger partial charge in [0.2, 0.25) is 0 Å². The largest absolute Gasteiger partial charge is 0.396 e. The fourth-order valence-corrected chi connectivity index (χ4v) is 1.14. The molecule has 0 atom stereocenters. The monoisotopic (exact) mass is 201 g/mol. The summed E-state index contributed by atoms with van der Waals surface area (Å²) in [6, 6.07) is 1.66. The maximum absolute atomic E-state index is 8.55. The van der Waals surface area contributed by atoms with Crippen molar-refractivity contribution in [2.45, 2.75) is 13.3 Å². The molecule has 0 bridgehead atoms. The van der Waals surface area contributed by atoms with Crippen LogP contribution in [0.4, 0.5) is 5.82 Å². The number of aryl methyl sites for hydroxylation is 1. The van der Waals surface area contributed by atoms with Gasteiger partial charge in [0.15, 0.2) is 0 Å². The number of nitrogens with zero attached hydrogens (tertiary/aromatic N) is 2. The number of aromatic nitrogens is 2. The highest BCUT2D eigenvalue weighted by Crippen LogP contribution is 2.10. The van der Waals surface area contributed by atoms with Crippen LogP contribution >= 0.6 is 11.6 Å². The smallest absolute Gasteiger partial charge is 0.134 e. The van der Waals surface area contributed by atoms with Crippen LogP contribution in [0.25, 0.3) is 0 Å². The van der Waals surface area contributed by atoms with Gasteiger partial charge in [0.1, 0.15) is 16.8 Å². The summed E-state index contributed by atoms with van der Waals surface area (Å²) in [6.45, 7) is 2.64. The predicted molar refractivity (Wildman–Crippen MR) is 52.0 cm³/mol. The summed E-state index contributed by atoms with van der Waals surface area (Å²) >= 11 is 5.72. The predicted octanol–water partition coefficient (Wildman–Crippen LogP) is 1.23. The molecule has 2 N–H and O–H groups in total. The summed E-state index contributed by atoms with van der Waals surface area (Å²) in [6.07, 6.45) is 0.695. The van der Waals surface area contributed by atoms with Gasteiger partial charge in [0, 0.05) is 19.2 Å². The van der Waals surface area contributed by atoms with Crippen LogP contribution in [0.15, 0.2) is 6.07 Å². The van der Waals surface area contributed by atoms with Crippen LogP contribution in [-0.2, 0) is 0 Å². The Hall–Kier alpha value is -0.870. The topological polar surface area (TPSA) is 58.0 Å². The molecule has 0 unspecified atom stereocenters. The fourth-order valence-electron chi connectivity index (χ4n) is 0.917. The van der Waals surface area contributed by atoms with Crippen molar-refractivity contribution >= 4 is 17.4 Å². The first kappa shape index (κ1) is 10.2. The zero-order chi connectivity index (χ0) is 9.68. The number of hydrogen-bond donors (Lipinski definition) is 2. The number of hydrogen-bond acceptors (Lipinski definition) is 4. The number of halogens is 1. The lowest BCUT2D eigenvalue weighted by atomic mass is 10.4. The van der Waals surface area contributed by atoms with Crippen molar-refractivity contribution in [1.82, 2.24) is 9.97 Å². The third-order valence-electron chi connectivity index (χ3n) is 1.45. The molecule has 1 aromatic rings. The van der Waals surface area contributed by atoms with Gasteiger partial charge in [-0.25, -0.2) is 9.97 Å². The summed E-state index contributed by atoms with van der Waals surface area (Å²) in [4.78, 5) is 8.04. The number of nitrogens with one attached hydrogen (secondary N) is 1. The third kappa shape index (κ3) is 3.57. The molecule has 5 heteroatoms. The van der Waals surface area contributed by atoms with Gasteiger partial charge in [-0.3, -0.25) is 0 Å². The lowest BCUT2D eigenvalue weighted by Gasteiger charge is -2.04. The lowest BCUT2D eigenvalue weighted by Crippen LogP contribution is -2.06. The highest BCUT2D eigenvalue weighted by atomic mass is 35.5. The van der Waals surface area contributed by atoms with E-state index in [2.05, 4.69) is 15.3 Å². The summed E-state index contributed by atoms with van der Waals surface area (Å²) in [7, 11) is 0. The molecule has 72 valence electrons. The van der Waals surface area contributed by atoms with Crippen molar-refractivity contribution in [2.24, 2.45) is 0 Å². The second-order valence-corrected chi connectivity index (χ2v) is 3.01. The quantitative estimate of drug-likeness (QED) is 0.569. The van der Waals surface area contributed by atoms with Crippen LogP contribution in [0.1, 0.15) is 12.2 Å². The molecule has 1 heterocycles. The van der Waals surface area contributed by atoms with Crippen LogP contribution < -0.4 is 5.32 Å². The van der Waals surface area contributed by atoms with E-state index in [4.69, 9.17) is 16.7 Å². The summed E-state index contributed by atoms with van der Waals surface area (Å²) in [5.41, 5.74) is 0. The zero-order valence-electron chi connectivity index (χ0n) is 7.42. The molecule has 1 aromatic heterocycles. The van der Waals surface area contributed by atoms with Crippen molar-refractivity contribution in [3.63, 3.8) is 0 Å². The Morgan fingerprint density at radius 2 is 2.31 bits per heavy atom. The Labute approximate surface area is 82.0 Å². The first-order chi connectivity index (χ1) is 6.22. The first-order valence-corrected chi connectivity index (χ1v) is 4.46. The Bertz CT molecular complexity index is 260. The third-order valence-corrected chi connectivity index (χ3v) is 1.64. The molecule has 0 aromatic carbocycles.